The molecule has 1 heterocycles. The van der Waals surface area contributed by atoms with E-state index in [9.17, 15) is 4.39 Å². The van der Waals surface area contributed by atoms with Crippen LogP contribution < -0.4 is 5.32 Å². The molecule has 1 saturated heterocycles. The van der Waals surface area contributed by atoms with Gasteiger partial charge < -0.3 is 5.32 Å². The number of hydrogen-bond donors (Lipinski definition) is 1. The number of benzene rings is 1. The standard InChI is InChI=1S/C15H23FN2/c16-9-4-10-17-15-7-11-18(12-8-15)13-14-5-2-1-3-6-14/h1-3,5-6,15,17H,4,7-13H2. The van der Waals surface area contributed by atoms with Crippen LogP contribution in [-0.4, -0.2) is 37.3 Å². The van der Waals surface area contributed by atoms with E-state index >= 15 is 0 Å². The Morgan fingerprint density at radius 2 is 1.89 bits per heavy atom. The topological polar surface area (TPSA) is 15.3 Å². The molecule has 1 aromatic carbocycles. The summed E-state index contributed by atoms with van der Waals surface area (Å²) in [5, 5.41) is 3.44. The first-order chi connectivity index (χ1) is 8.88. The maximum absolute atomic E-state index is 12.0. The lowest BCUT2D eigenvalue weighted by atomic mass is 10.0. The molecule has 1 aliphatic heterocycles. The van der Waals surface area contributed by atoms with Gasteiger partial charge in [0.25, 0.3) is 0 Å². The zero-order valence-electron chi connectivity index (χ0n) is 10.9. The van der Waals surface area contributed by atoms with Crippen molar-refractivity contribution in [2.45, 2.75) is 31.8 Å². The quantitative estimate of drug-likeness (QED) is 0.781. The number of nitrogens with zero attached hydrogens (tertiary/aromatic N) is 1. The van der Waals surface area contributed by atoms with Gasteiger partial charge in [0.05, 0.1) is 6.67 Å². The van der Waals surface area contributed by atoms with Crippen LogP contribution in [0, 0.1) is 0 Å². The third-order valence-corrected chi connectivity index (χ3v) is 3.58. The number of piperidine rings is 1. The van der Waals surface area contributed by atoms with Gasteiger partial charge in [0.2, 0.25) is 0 Å². The number of hydrogen-bond acceptors (Lipinski definition) is 2. The van der Waals surface area contributed by atoms with Crippen LogP contribution in [0.5, 0.6) is 0 Å². The van der Waals surface area contributed by atoms with Gasteiger partial charge in [-0.1, -0.05) is 30.3 Å². The highest BCUT2D eigenvalue weighted by molar-refractivity contribution is 5.14. The molecular weight excluding hydrogens is 227 g/mol. The van der Waals surface area contributed by atoms with Crippen molar-refractivity contribution < 1.29 is 4.39 Å². The summed E-state index contributed by atoms with van der Waals surface area (Å²) in [7, 11) is 0. The van der Waals surface area contributed by atoms with Gasteiger partial charge in [0.1, 0.15) is 0 Å². The minimum atomic E-state index is -0.208. The van der Waals surface area contributed by atoms with Gasteiger partial charge in [0.15, 0.2) is 0 Å². The fourth-order valence-electron chi connectivity index (χ4n) is 2.51. The Balaban J connectivity index is 1.67. The monoisotopic (exact) mass is 250 g/mol. The predicted molar refractivity (Wildman–Crippen MR) is 73.3 cm³/mol. The van der Waals surface area contributed by atoms with Crippen molar-refractivity contribution in [2.75, 3.05) is 26.3 Å². The predicted octanol–water partition coefficient (Wildman–Crippen LogP) is 2.60. The highest BCUT2D eigenvalue weighted by Crippen LogP contribution is 2.13. The highest BCUT2D eigenvalue weighted by atomic mass is 19.1. The van der Waals surface area contributed by atoms with E-state index in [2.05, 4.69) is 40.5 Å². The molecule has 18 heavy (non-hydrogen) atoms. The molecule has 1 aliphatic rings. The van der Waals surface area contributed by atoms with Crippen LogP contribution in [0.15, 0.2) is 30.3 Å². The molecule has 1 aromatic rings. The van der Waals surface area contributed by atoms with Crippen molar-refractivity contribution in [2.24, 2.45) is 0 Å². The molecule has 0 atom stereocenters. The van der Waals surface area contributed by atoms with E-state index in [1.807, 2.05) is 0 Å². The largest absolute Gasteiger partial charge is 0.314 e. The molecule has 0 amide bonds. The number of likely N-dealkylation sites (tertiary alicyclic amines) is 1. The molecule has 0 unspecified atom stereocenters. The van der Waals surface area contributed by atoms with Crippen molar-refractivity contribution >= 4 is 0 Å². The smallest absolute Gasteiger partial charge is 0.0906 e. The van der Waals surface area contributed by atoms with Crippen molar-refractivity contribution in [3.63, 3.8) is 0 Å². The third kappa shape index (κ3) is 4.39. The van der Waals surface area contributed by atoms with Gasteiger partial charge in [-0.2, -0.15) is 0 Å². The Hall–Kier alpha value is -0.930. The molecule has 0 saturated carbocycles. The van der Waals surface area contributed by atoms with Gasteiger partial charge >= 0.3 is 0 Å². The van der Waals surface area contributed by atoms with E-state index in [-0.39, 0.29) is 6.67 Å². The molecular formula is C15H23FN2. The average Bonchev–Trinajstić information content (AvgIpc) is 2.42. The van der Waals surface area contributed by atoms with Crippen LogP contribution in [-0.2, 0) is 6.54 Å². The molecule has 100 valence electrons. The van der Waals surface area contributed by atoms with Crippen molar-refractivity contribution in [1.82, 2.24) is 10.2 Å². The Labute approximate surface area is 109 Å². The molecule has 2 rings (SSSR count). The second-order valence-corrected chi connectivity index (χ2v) is 5.03. The van der Waals surface area contributed by atoms with Crippen molar-refractivity contribution in [3.05, 3.63) is 35.9 Å². The summed E-state index contributed by atoms with van der Waals surface area (Å²) in [6.07, 6.45) is 3.00. The van der Waals surface area contributed by atoms with Crippen LogP contribution in [0.4, 0.5) is 4.39 Å². The van der Waals surface area contributed by atoms with Crippen molar-refractivity contribution in [3.8, 4) is 0 Å². The van der Waals surface area contributed by atoms with E-state index in [1.54, 1.807) is 0 Å². The summed E-state index contributed by atoms with van der Waals surface area (Å²) >= 11 is 0. The van der Waals surface area contributed by atoms with Gasteiger partial charge in [-0.05, 0) is 44.5 Å². The Morgan fingerprint density at radius 1 is 1.17 bits per heavy atom. The fourth-order valence-corrected chi connectivity index (χ4v) is 2.51. The minimum absolute atomic E-state index is 0.208. The van der Waals surface area contributed by atoms with Gasteiger partial charge in [-0.25, -0.2) is 0 Å². The normalized spacial score (nSPS) is 18.1. The molecule has 2 nitrogen and oxygen atoms in total. The van der Waals surface area contributed by atoms with Crippen molar-refractivity contribution in [1.29, 1.82) is 0 Å². The van der Waals surface area contributed by atoms with Gasteiger partial charge in [-0.15, -0.1) is 0 Å². The van der Waals surface area contributed by atoms with Gasteiger partial charge in [-0.3, -0.25) is 9.29 Å². The lowest BCUT2D eigenvalue weighted by Crippen LogP contribution is -2.42. The Kier molecular flexibility index (Phi) is 5.62. The highest BCUT2D eigenvalue weighted by Gasteiger charge is 2.18. The average molecular weight is 250 g/mol. The second-order valence-electron chi connectivity index (χ2n) is 5.03. The Morgan fingerprint density at radius 3 is 2.56 bits per heavy atom. The number of rotatable bonds is 6. The van der Waals surface area contributed by atoms with E-state index in [1.165, 1.54) is 18.4 Å². The summed E-state index contributed by atoms with van der Waals surface area (Å²) in [5.74, 6) is 0. The summed E-state index contributed by atoms with van der Waals surface area (Å²) in [4.78, 5) is 2.50. The van der Waals surface area contributed by atoms with Crippen LogP contribution in [0.1, 0.15) is 24.8 Å². The number of halogens is 1. The molecule has 0 radical (unpaired) electrons. The lowest BCUT2D eigenvalue weighted by Gasteiger charge is -2.32. The van der Waals surface area contributed by atoms with Crippen LogP contribution in [0.2, 0.25) is 0 Å². The first kappa shape index (κ1) is 13.5. The van der Waals surface area contributed by atoms with E-state index in [4.69, 9.17) is 0 Å². The number of alkyl halides is 1. The first-order valence-corrected chi connectivity index (χ1v) is 6.94. The molecule has 1 N–H and O–H groups in total. The Bertz CT molecular complexity index is 321. The molecule has 0 bridgehead atoms. The van der Waals surface area contributed by atoms with E-state index in [0.29, 0.717) is 12.5 Å². The molecule has 0 aliphatic carbocycles. The fraction of sp³-hybridized carbons (Fsp3) is 0.600. The van der Waals surface area contributed by atoms with Crippen LogP contribution >= 0.6 is 0 Å². The molecule has 0 spiro atoms. The summed E-state index contributed by atoms with van der Waals surface area (Å²) in [6.45, 7) is 3.95. The summed E-state index contributed by atoms with van der Waals surface area (Å²) < 4.78 is 12.0. The van der Waals surface area contributed by atoms with Crippen LogP contribution in [0.3, 0.4) is 0 Å². The molecule has 1 fully saturated rings. The van der Waals surface area contributed by atoms with E-state index < -0.39 is 0 Å². The summed E-state index contributed by atoms with van der Waals surface area (Å²) in [5.41, 5.74) is 1.39. The SMILES string of the molecule is FCCCNC1CCN(Cc2ccccc2)CC1. The molecule has 0 aromatic heterocycles. The van der Waals surface area contributed by atoms with E-state index in [0.717, 1.165) is 26.2 Å². The zero-order chi connectivity index (χ0) is 12.6. The van der Waals surface area contributed by atoms with Gasteiger partial charge in [0, 0.05) is 12.6 Å². The maximum Gasteiger partial charge on any atom is 0.0906 e. The summed E-state index contributed by atoms with van der Waals surface area (Å²) in [6, 6.07) is 11.2. The maximum atomic E-state index is 12.0. The lowest BCUT2D eigenvalue weighted by molar-refractivity contribution is 0.190. The minimum Gasteiger partial charge on any atom is -0.314 e. The molecule has 3 heteroatoms. The second kappa shape index (κ2) is 7.49. The third-order valence-electron chi connectivity index (χ3n) is 3.58. The van der Waals surface area contributed by atoms with Crippen LogP contribution in [0.25, 0.3) is 0 Å². The first-order valence-electron chi connectivity index (χ1n) is 6.94. The zero-order valence-corrected chi connectivity index (χ0v) is 10.9. The number of nitrogens with one attached hydrogen (secondary N) is 1.